The summed E-state index contributed by atoms with van der Waals surface area (Å²) >= 11 is 3.52. The molecule has 0 aromatic heterocycles. The predicted molar refractivity (Wildman–Crippen MR) is 54.7 cm³/mol. The Bertz CT molecular complexity index is 310. The Morgan fingerprint density at radius 3 is 2.92 bits per heavy atom. The predicted octanol–water partition coefficient (Wildman–Crippen LogP) is 2.74. The first-order valence-electron chi connectivity index (χ1n) is 4.28. The number of ether oxygens (including phenoxy) is 2. The van der Waals surface area contributed by atoms with Gasteiger partial charge < -0.3 is 9.47 Å². The van der Waals surface area contributed by atoms with E-state index in [9.17, 15) is 0 Å². The highest BCUT2D eigenvalue weighted by atomic mass is 79.9. The van der Waals surface area contributed by atoms with Gasteiger partial charge in [0, 0.05) is 4.83 Å². The van der Waals surface area contributed by atoms with Crippen LogP contribution in [-0.2, 0) is 6.42 Å². The third kappa shape index (κ3) is 1.97. The monoisotopic (exact) mass is 242 g/mol. The van der Waals surface area contributed by atoms with Gasteiger partial charge in [0.2, 0.25) is 6.79 Å². The minimum absolute atomic E-state index is 0.350. The second-order valence-electron chi connectivity index (χ2n) is 3.17. The number of alkyl halides is 1. The standard InChI is InChI=1S/C10H11BrO2/c1-7(11)4-8-2-3-9-10(5-8)13-6-12-9/h2-3,5,7H,4,6H2,1H3/t7-/m1/s1. The molecule has 3 heteroatoms. The van der Waals surface area contributed by atoms with Crippen LogP contribution in [0.4, 0.5) is 0 Å². The van der Waals surface area contributed by atoms with Crippen LogP contribution in [0.15, 0.2) is 18.2 Å². The Labute approximate surface area is 86.0 Å². The van der Waals surface area contributed by atoms with E-state index >= 15 is 0 Å². The highest BCUT2D eigenvalue weighted by Crippen LogP contribution is 2.32. The van der Waals surface area contributed by atoms with Gasteiger partial charge in [0.05, 0.1) is 0 Å². The van der Waals surface area contributed by atoms with Crippen LogP contribution in [0.5, 0.6) is 11.5 Å². The van der Waals surface area contributed by atoms with Gasteiger partial charge in [0.1, 0.15) is 0 Å². The normalized spacial score (nSPS) is 15.8. The van der Waals surface area contributed by atoms with E-state index in [-0.39, 0.29) is 0 Å². The van der Waals surface area contributed by atoms with Gasteiger partial charge in [0.15, 0.2) is 11.5 Å². The van der Waals surface area contributed by atoms with Crippen LogP contribution in [0.2, 0.25) is 0 Å². The Kier molecular flexibility index (Phi) is 2.44. The number of fused-ring (bicyclic) bond motifs is 1. The number of halogens is 1. The molecular weight excluding hydrogens is 232 g/mol. The third-order valence-electron chi connectivity index (χ3n) is 1.95. The fourth-order valence-electron chi connectivity index (χ4n) is 1.39. The zero-order valence-corrected chi connectivity index (χ0v) is 9.00. The van der Waals surface area contributed by atoms with Crippen molar-refractivity contribution in [2.24, 2.45) is 0 Å². The molecule has 1 aliphatic heterocycles. The van der Waals surface area contributed by atoms with Gasteiger partial charge in [0.25, 0.3) is 0 Å². The van der Waals surface area contributed by atoms with Crippen LogP contribution in [0, 0.1) is 0 Å². The van der Waals surface area contributed by atoms with E-state index in [1.807, 2.05) is 12.1 Å². The summed E-state index contributed by atoms with van der Waals surface area (Å²) in [5.74, 6) is 1.72. The van der Waals surface area contributed by atoms with Crippen molar-refractivity contribution in [1.29, 1.82) is 0 Å². The highest BCUT2D eigenvalue weighted by molar-refractivity contribution is 9.09. The van der Waals surface area contributed by atoms with Crippen LogP contribution >= 0.6 is 15.9 Å². The second kappa shape index (κ2) is 3.58. The summed E-state index contributed by atoms with van der Waals surface area (Å²) in [6.45, 7) is 2.48. The lowest BCUT2D eigenvalue weighted by molar-refractivity contribution is 0.174. The van der Waals surface area contributed by atoms with Crippen molar-refractivity contribution in [2.75, 3.05) is 6.79 Å². The molecular formula is C10H11BrO2. The number of hydrogen-bond donors (Lipinski definition) is 0. The first-order valence-corrected chi connectivity index (χ1v) is 5.20. The molecule has 0 saturated carbocycles. The first-order chi connectivity index (χ1) is 6.25. The van der Waals surface area contributed by atoms with E-state index in [1.54, 1.807) is 0 Å². The maximum Gasteiger partial charge on any atom is 0.231 e. The van der Waals surface area contributed by atoms with Crippen molar-refractivity contribution < 1.29 is 9.47 Å². The van der Waals surface area contributed by atoms with Crippen molar-refractivity contribution in [1.82, 2.24) is 0 Å². The summed E-state index contributed by atoms with van der Waals surface area (Å²) in [7, 11) is 0. The molecule has 2 nitrogen and oxygen atoms in total. The average Bonchev–Trinajstić information content (AvgIpc) is 2.49. The lowest BCUT2D eigenvalue weighted by Crippen LogP contribution is -1.95. The van der Waals surface area contributed by atoms with Crippen LogP contribution in [-0.4, -0.2) is 11.6 Å². The molecule has 0 bridgehead atoms. The van der Waals surface area contributed by atoms with Gasteiger partial charge in [-0.25, -0.2) is 0 Å². The minimum Gasteiger partial charge on any atom is -0.454 e. The largest absolute Gasteiger partial charge is 0.454 e. The molecule has 0 spiro atoms. The molecule has 0 fully saturated rings. The summed E-state index contributed by atoms with van der Waals surface area (Å²) in [4.78, 5) is 0.493. The molecule has 1 heterocycles. The van der Waals surface area contributed by atoms with Crippen molar-refractivity contribution in [3.8, 4) is 11.5 Å². The van der Waals surface area contributed by atoms with E-state index in [4.69, 9.17) is 9.47 Å². The molecule has 13 heavy (non-hydrogen) atoms. The molecule has 0 N–H and O–H groups in total. The zero-order chi connectivity index (χ0) is 9.26. The minimum atomic E-state index is 0.350. The van der Waals surface area contributed by atoms with Gasteiger partial charge in [-0.2, -0.15) is 0 Å². The van der Waals surface area contributed by atoms with Crippen LogP contribution in [0.1, 0.15) is 12.5 Å². The summed E-state index contributed by atoms with van der Waals surface area (Å²) in [6, 6.07) is 6.08. The van der Waals surface area contributed by atoms with E-state index in [2.05, 4.69) is 28.9 Å². The fraction of sp³-hybridized carbons (Fsp3) is 0.400. The van der Waals surface area contributed by atoms with Gasteiger partial charge in [-0.3, -0.25) is 0 Å². The molecule has 0 radical (unpaired) electrons. The molecule has 0 aliphatic carbocycles. The van der Waals surface area contributed by atoms with Crippen LogP contribution < -0.4 is 9.47 Å². The number of rotatable bonds is 2. The van der Waals surface area contributed by atoms with Crippen LogP contribution in [0.25, 0.3) is 0 Å². The zero-order valence-electron chi connectivity index (χ0n) is 7.42. The summed E-state index contributed by atoms with van der Waals surface area (Å²) in [6.07, 6.45) is 1.01. The van der Waals surface area contributed by atoms with Crippen molar-refractivity contribution >= 4 is 15.9 Å². The second-order valence-corrected chi connectivity index (χ2v) is 4.74. The molecule has 2 rings (SSSR count). The van der Waals surface area contributed by atoms with Crippen molar-refractivity contribution in [2.45, 2.75) is 18.2 Å². The Balaban J connectivity index is 2.21. The molecule has 1 aromatic rings. The van der Waals surface area contributed by atoms with E-state index in [0.29, 0.717) is 11.6 Å². The number of hydrogen-bond acceptors (Lipinski definition) is 2. The Hall–Kier alpha value is -0.700. The Morgan fingerprint density at radius 1 is 1.38 bits per heavy atom. The summed E-state index contributed by atoms with van der Waals surface area (Å²) in [5, 5.41) is 0. The molecule has 0 amide bonds. The summed E-state index contributed by atoms with van der Waals surface area (Å²) < 4.78 is 10.5. The fourth-order valence-corrected chi connectivity index (χ4v) is 1.77. The van der Waals surface area contributed by atoms with Gasteiger partial charge in [-0.15, -0.1) is 0 Å². The van der Waals surface area contributed by atoms with Gasteiger partial charge in [-0.05, 0) is 24.1 Å². The van der Waals surface area contributed by atoms with E-state index in [1.165, 1.54) is 5.56 Å². The smallest absolute Gasteiger partial charge is 0.231 e. The molecule has 0 saturated heterocycles. The van der Waals surface area contributed by atoms with E-state index in [0.717, 1.165) is 17.9 Å². The SMILES string of the molecule is C[C@@H](Br)Cc1ccc2c(c1)OCO2. The van der Waals surface area contributed by atoms with Gasteiger partial charge in [-0.1, -0.05) is 28.9 Å². The molecule has 70 valence electrons. The average molecular weight is 243 g/mol. The summed E-state index contributed by atoms with van der Waals surface area (Å²) in [5.41, 5.74) is 1.27. The van der Waals surface area contributed by atoms with Crippen molar-refractivity contribution in [3.05, 3.63) is 23.8 Å². The lowest BCUT2D eigenvalue weighted by atomic mass is 10.1. The quantitative estimate of drug-likeness (QED) is 0.743. The lowest BCUT2D eigenvalue weighted by Gasteiger charge is -2.04. The molecule has 1 aliphatic rings. The van der Waals surface area contributed by atoms with Gasteiger partial charge >= 0.3 is 0 Å². The molecule has 1 aromatic carbocycles. The first kappa shape index (κ1) is 8.88. The number of benzene rings is 1. The molecule has 1 atom stereocenters. The maximum absolute atomic E-state index is 5.28. The third-order valence-corrected chi connectivity index (χ3v) is 2.28. The highest BCUT2D eigenvalue weighted by Gasteiger charge is 2.13. The topological polar surface area (TPSA) is 18.5 Å². The van der Waals surface area contributed by atoms with E-state index < -0.39 is 0 Å². The van der Waals surface area contributed by atoms with Crippen molar-refractivity contribution in [3.63, 3.8) is 0 Å². The van der Waals surface area contributed by atoms with Crippen LogP contribution in [0.3, 0.4) is 0 Å². The Morgan fingerprint density at radius 2 is 2.15 bits per heavy atom. The molecule has 0 unspecified atom stereocenters. The maximum atomic E-state index is 5.28.